The highest BCUT2D eigenvalue weighted by atomic mass is 16.3. The minimum atomic E-state index is 0.248. The molecular formula is C20H26N2O. The Kier molecular flexibility index (Phi) is 2.96. The predicted molar refractivity (Wildman–Crippen MR) is 92.7 cm³/mol. The van der Waals surface area contributed by atoms with Gasteiger partial charge in [-0.15, -0.1) is 0 Å². The highest BCUT2D eigenvalue weighted by Gasteiger charge is 2.52. The van der Waals surface area contributed by atoms with Gasteiger partial charge >= 0.3 is 0 Å². The van der Waals surface area contributed by atoms with Crippen LogP contribution in [0.5, 0.6) is 0 Å². The highest BCUT2D eigenvalue weighted by molar-refractivity contribution is 5.86. The van der Waals surface area contributed by atoms with Gasteiger partial charge in [-0.25, -0.2) is 0 Å². The van der Waals surface area contributed by atoms with Crippen LogP contribution in [0, 0.1) is 5.41 Å². The molecule has 122 valence electrons. The summed E-state index contributed by atoms with van der Waals surface area (Å²) in [7, 11) is 0. The number of aliphatic hydroxyl groups excluding tert-OH is 1. The van der Waals surface area contributed by atoms with E-state index in [2.05, 4.69) is 40.7 Å². The lowest BCUT2D eigenvalue weighted by Gasteiger charge is -2.56. The molecule has 1 aromatic carbocycles. The molecule has 0 spiro atoms. The second-order valence-corrected chi connectivity index (χ2v) is 7.80. The Morgan fingerprint density at radius 1 is 1.26 bits per heavy atom. The van der Waals surface area contributed by atoms with Gasteiger partial charge in [-0.3, -0.25) is 4.90 Å². The number of benzene rings is 1. The van der Waals surface area contributed by atoms with Gasteiger partial charge in [0.1, 0.15) is 0 Å². The third kappa shape index (κ3) is 1.67. The van der Waals surface area contributed by atoms with Gasteiger partial charge in [0, 0.05) is 23.1 Å². The van der Waals surface area contributed by atoms with Crippen molar-refractivity contribution < 1.29 is 5.11 Å². The first-order chi connectivity index (χ1) is 11.3. The third-order valence-electron chi connectivity index (χ3n) is 6.95. The fraction of sp³-hybridized carbons (Fsp3) is 0.600. The Balaban J connectivity index is 1.85. The average Bonchev–Trinajstić information content (AvgIpc) is 2.95. The third-order valence-corrected chi connectivity index (χ3v) is 6.95. The second kappa shape index (κ2) is 4.84. The molecule has 3 heteroatoms. The topological polar surface area (TPSA) is 28.4 Å². The fourth-order valence-electron chi connectivity index (χ4n) is 5.99. The van der Waals surface area contributed by atoms with Crippen LogP contribution in [0.1, 0.15) is 55.9 Å². The Bertz CT molecular complexity index is 764. The summed E-state index contributed by atoms with van der Waals surface area (Å²) in [6, 6.07) is 9.67. The number of para-hydroxylation sites is 1. The minimum Gasteiger partial charge on any atom is -0.394 e. The zero-order chi connectivity index (χ0) is 15.6. The molecular weight excluding hydrogens is 284 g/mol. The van der Waals surface area contributed by atoms with Gasteiger partial charge < -0.3 is 9.67 Å². The van der Waals surface area contributed by atoms with Crippen LogP contribution in [0.15, 0.2) is 24.3 Å². The minimum absolute atomic E-state index is 0.248. The molecule has 5 rings (SSSR count). The van der Waals surface area contributed by atoms with Crippen molar-refractivity contribution in [3.8, 4) is 0 Å². The van der Waals surface area contributed by atoms with Crippen molar-refractivity contribution in [1.82, 2.24) is 9.47 Å². The molecule has 3 nitrogen and oxygen atoms in total. The number of hydrogen-bond donors (Lipinski definition) is 1. The SMILES string of the molecule is CC[C@]12CCCN3CCc4c(n(c5ccccc45)[C@H](CO)C1)[C@H]32. The number of aliphatic hydroxyl groups is 1. The molecule has 1 saturated heterocycles. The quantitative estimate of drug-likeness (QED) is 0.917. The predicted octanol–water partition coefficient (Wildman–Crippen LogP) is 3.67. The summed E-state index contributed by atoms with van der Waals surface area (Å²) >= 11 is 0. The van der Waals surface area contributed by atoms with E-state index in [0.717, 1.165) is 12.8 Å². The van der Waals surface area contributed by atoms with Gasteiger partial charge in [0.05, 0.1) is 18.7 Å². The monoisotopic (exact) mass is 310 g/mol. The smallest absolute Gasteiger partial charge is 0.0639 e. The molecule has 3 aliphatic rings. The molecule has 4 heterocycles. The first-order valence-electron chi connectivity index (χ1n) is 9.25. The Labute approximate surface area is 137 Å². The number of piperidine rings is 1. The van der Waals surface area contributed by atoms with Gasteiger partial charge in [-0.2, -0.15) is 0 Å². The summed E-state index contributed by atoms with van der Waals surface area (Å²) < 4.78 is 2.51. The van der Waals surface area contributed by atoms with E-state index in [4.69, 9.17) is 0 Å². The molecule has 0 bridgehead atoms. The second-order valence-electron chi connectivity index (χ2n) is 7.80. The van der Waals surface area contributed by atoms with E-state index in [1.54, 1.807) is 11.3 Å². The zero-order valence-corrected chi connectivity index (χ0v) is 14.0. The van der Waals surface area contributed by atoms with E-state index >= 15 is 0 Å². The average molecular weight is 310 g/mol. The standard InChI is InChI=1S/C20H26N2O/c1-2-20-9-5-10-21-11-8-16-15-6-3-4-7-17(15)22(14(12-20)13-23)18(16)19(20)21/h3-4,6-7,14,19,23H,2,5,8-13H2,1H3/t14-,19-,20-/m0/s1. The van der Waals surface area contributed by atoms with Gasteiger partial charge in [0.2, 0.25) is 0 Å². The van der Waals surface area contributed by atoms with E-state index in [-0.39, 0.29) is 12.6 Å². The van der Waals surface area contributed by atoms with Gasteiger partial charge in [0.25, 0.3) is 0 Å². The maximum absolute atomic E-state index is 10.2. The normalized spacial score (nSPS) is 33.0. The largest absolute Gasteiger partial charge is 0.394 e. The maximum atomic E-state index is 10.2. The van der Waals surface area contributed by atoms with Crippen LogP contribution in [0.3, 0.4) is 0 Å². The first kappa shape index (κ1) is 14.1. The first-order valence-corrected chi connectivity index (χ1v) is 9.25. The fourth-order valence-corrected chi connectivity index (χ4v) is 5.99. The van der Waals surface area contributed by atoms with Crippen molar-refractivity contribution >= 4 is 10.9 Å². The van der Waals surface area contributed by atoms with Crippen molar-refractivity contribution in [3.63, 3.8) is 0 Å². The molecule has 0 unspecified atom stereocenters. The van der Waals surface area contributed by atoms with Crippen LogP contribution in [-0.4, -0.2) is 34.3 Å². The van der Waals surface area contributed by atoms with Crippen molar-refractivity contribution in [3.05, 3.63) is 35.5 Å². The van der Waals surface area contributed by atoms with E-state index in [0.29, 0.717) is 11.5 Å². The Hall–Kier alpha value is -1.32. The van der Waals surface area contributed by atoms with Gasteiger partial charge in [-0.05, 0) is 55.7 Å². The lowest BCUT2D eigenvalue weighted by molar-refractivity contribution is -0.0421. The van der Waals surface area contributed by atoms with E-state index in [1.165, 1.54) is 43.3 Å². The van der Waals surface area contributed by atoms with Crippen LogP contribution in [0.4, 0.5) is 0 Å². The molecule has 2 aromatic rings. The number of rotatable bonds is 2. The number of fused-ring (bicyclic) bond motifs is 3. The molecule has 3 atom stereocenters. The van der Waals surface area contributed by atoms with E-state index in [9.17, 15) is 5.11 Å². The maximum Gasteiger partial charge on any atom is 0.0639 e. The Morgan fingerprint density at radius 3 is 2.96 bits per heavy atom. The van der Waals surface area contributed by atoms with Crippen LogP contribution >= 0.6 is 0 Å². The summed E-state index contributed by atoms with van der Waals surface area (Å²) in [6.07, 6.45) is 6.16. The summed E-state index contributed by atoms with van der Waals surface area (Å²) in [5.74, 6) is 0. The van der Waals surface area contributed by atoms with Crippen molar-refractivity contribution in [2.45, 2.75) is 51.1 Å². The molecule has 0 aliphatic carbocycles. The number of aromatic nitrogens is 1. The number of nitrogens with zero attached hydrogens (tertiary/aromatic N) is 2. The molecule has 1 fully saturated rings. The molecule has 3 aliphatic heterocycles. The summed E-state index contributed by atoms with van der Waals surface area (Å²) in [6.45, 7) is 5.08. The summed E-state index contributed by atoms with van der Waals surface area (Å²) in [5.41, 5.74) is 4.82. The molecule has 1 aromatic heterocycles. The van der Waals surface area contributed by atoms with E-state index in [1.807, 2.05) is 0 Å². The van der Waals surface area contributed by atoms with Crippen LogP contribution in [0.2, 0.25) is 0 Å². The van der Waals surface area contributed by atoms with Crippen LogP contribution in [-0.2, 0) is 6.42 Å². The van der Waals surface area contributed by atoms with E-state index < -0.39 is 0 Å². The van der Waals surface area contributed by atoms with Crippen molar-refractivity contribution in [2.24, 2.45) is 5.41 Å². The lowest BCUT2D eigenvalue weighted by atomic mass is 9.63. The number of hydrogen-bond acceptors (Lipinski definition) is 2. The molecule has 23 heavy (non-hydrogen) atoms. The van der Waals surface area contributed by atoms with Crippen molar-refractivity contribution in [1.29, 1.82) is 0 Å². The molecule has 0 radical (unpaired) electrons. The van der Waals surface area contributed by atoms with Crippen LogP contribution < -0.4 is 0 Å². The molecule has 1 N–H and O–H groups in total. The Morgan fingerprint density at radius 2 is 2.13 bits per heavy atom. The zero-order valence-electron chi connectivity index (χ0n) is 14.0. The van der Waals surface area contributed by atoms with Gasteiger partial charge in [0.15, 0.2) is 0 Å². The molecule has 0 amide bonds. The highest BCUT2D eigenvalue weighted by Crippen LogP contribution is 2.59. The van der Waals surface area contributed by atoms with Crippen LogP contribution in [0.25, 0.3) is 10.9 Å². The van der Waals surface area contributed by atoms with Gasteiger partial charge in [-0.1, -0.05) is 25.1 Å². The van der Waals surface area contributed by atoms with Crippen molar-refractivity contribution in [2.75, 3.05) is 19.7 Å². The summed E-state index contributed by atoms with van der Waals surface area (Å²) in [5, 5.41) is 11.6. The molecule has 0 saturated carbocycles. The lowest BCUT2D eigenvalue weighted by Crippen LogP contribution is -2.53. The summed E-state index contributed by atoms with van der Waals surface area (Å²) in [4.78, 5) is 2.75.